The molecule has 2 aromatic heterocycles. The standard InChI is InChI=1S/C27H26N6O3/c1-16-7-6-8-18-13-19(33(27(35)23(16)18)21-9-4-5-10-22(21)36-3)14-30-26-24(25(29)31-15-32-26)20(28)12-11-17(2)34/h4-10,13,15,17,28,34H,14H2,1-3H3,(H3,29,30,31,32)/t17-/m1/s1. The Morgan fingerprint density at radius 1 is 1.25 bits per heavy atom. The van der Waals surface area contributed by atoms with Crippen molar-refractivity contribution in [3.63, 3.8) is 0 Å². The van der Waals surface area contributed by atoms with Gasteiger partial charge in [-0.3, -0.25) is 14.8 Å². The average Bonchev–Trinajstić information content (AvgIpc) is 2.86. The number of aromatic nitrogens is 3. The van der Waals surface area contributed by atoms with Crippen molar-refractivity contribution in [2.75, 3.05) is 18.2 Å². The summed E-state index contributed by atoms with van der Waals surface area (Å²) in [6, 6.07) is 15.0. The number of nitrogens with zero attached hydrogens (tertiary/aromatic N) is 3. The van der Waals surface area contributed by atoms with Crippen LogP contribution in [0, 0.1) is 24.2 Å². The molecule has 36 heavy (non-hydrogen) atoms. The van der Waals surface area contributed by atoms with E-state index in [1.807, 2.05) is 49.4 Å². The fourth-order valence-corrected chi connectivity index (χ4v) is 3.99. The molecule has 182 valence electrons. The number of nitrogens with one attached hydrogen (secondary N) is 2. The molecule has 0 radical (unpaired) electrons. The van der Waals surface area contributed by atoms with Gasteiger partial charge in [-0.1, -0.05) is 36.3 Å². The number of pyridine rings is 1. The Hall–Kier alpha value is -4.68. The van der Waals surface area contributed by atoms with Crippen molar-refractivity contribution >= 4 is 28.1 Å². The average molecular weight is 483 g/mol. The lowest BCUT2D eigenvalue weighted by Crippen LogP contribution is -2.25. The normalized spacial score (nSPS) is 11.4. The number of anilines is 2. The van der Waals surface area contributed by atoms with Crippen LogP contribution in [0.4, 0.5) is 11.6 Å². The Balaban J connectivity index is 1.85. The molecule has 0 aliphatic carbocycles. The van der Waals surface area contributed by atoms with E-state index in [1.165, 1.54) is 13.3 Å². The lowest BCUT2D eigenvalue weighted by atomic mass is 10.1. The van der Waals surface area contributed by atoms with Crippen molar-refractivity contribution in [1.29, 1.82) is 5.41 Å². The summed E-state index contributed by atoms with van der Waals surface area (Å²) in [5, 5.41) is 22.4. The van der Waals surface area contributed by atoms with Crippen molar-refractivity contribution < 1.29 is 9.84 Å². The number of methoxy groups -OCH3 is 1. The van der Waals surface area contributed by atoms with Gasteiger partial charge in [0.1, 0.15) is 35.5 Å². The zero-order valence-electron chi connectivity index (χ0n) is 20.2. The number of nitrogen functional groups attached to an aromatic ring is 1. The lowest BCUT2D eigenvalue weighted by molar-refractivity contribution is 0.253. The Bertz CT molecular complexity index is 1580. The maximum Gasteiger partial charge on any atom is 0.263 e. The van der Waals surface area contributed by atoms with Gasteiger partial charge in [-0.2, -0.15) is 0 Å². The molecule has 0 amide bonds. The van der Waals surface area contributed by atoms with Gasteiger partial charge in [0.2, 0.25) is 0 Å². The summed E-state index contributed by atoms with van der Waals surface area (Å²) in [6.45, 7) is 3.59. The van der Waals surface area contributed by atoms with Crippen LogP contribution in [0.2, 0.25) is 0 Å². The summed E-state index contributed by atoms with van der Waals surface area (Å²) < 4.78 is 7.16. The smallest absolute Gasteiger partial charge is 0.263 e. The number of aliphatic hydroxyl groups excluding tert-OH is 1. The van der Waals surface area contributed by atoms with Crippen LogP contribution >= 0.6 is 0 Å². The Labute approximate surface area is 208 Å². The molecule has 0 spiro atoms. The van der Waals surface area contributed by atoms with Crippen LogP contribution in [0.25, 0.3) is 16.5 Å². The van der Waals surface area contributed by atoms with E-state index in [1.54, 1.807) is 17.7 Å². The second kappa shape index (κ2) is 10.3. The first-order chi connectivity index (χ1) is 17.3. The number of aliphatic hydroxyl groups is 1. The first-order valence-corrected chi connectivity index (χ1v) is 11.2. The Morgan fingerprint density at radius 2 is 2.03 bits per heavy atom. The van der Waals surface area contributed by atoms with Gasteiger partial charge in [0.25, 0.3) is 5.56 Å². The molecule has 2 heterocycles. The third kappa shape index (κ3) is 4.76. The summed E-state index contributed by atoms with van der Waals surface area (Å²) in [5.41, 5.74) is 8.07. The first-order valence-electron chi connectivity index (χ1n) is 11.2. The fourth-order valence-electron chi connectivity index (χ4n) is 3.99. The predicted molar refractivity (Wildman–Crippen MR) is 141 cm³/mol. The van der Waals surface area contributed by atoms with Gasteiger partial charge in [-0.15, -0.1) is 0 Å². The van der Waals surface area contributed by atoms with Gasteiger partial charge >= 0.3 is 0 Å². The molecule has 5 N–H and O–H groups in total. The van der Waals surface area contributed by atoms with Crippen LogP contribution in [-0.4, -0.2) is 38.6 Å². The van der Waals surface area contributed by atoms with Crippen molar-refractivity contribution in [3.8, 4) is 23.3 Å². The lowest BCUT2D eigenvalue weighted by Gasteiger charge is -2.19. The minimum Gasteiger partial charge on any atom is -0.495 e. The number of hydrogen-bond acceptors (Lipinski definition) is 8. The topological polar surface area (TPSA) is 139 Å². The second-order valence-electron chi connectivity index (χ2n) is 8.14. The predicted octanol–water partition coefficient (Wildman–Crippen LogP) is 3.04. The van der Waals surface area contributed by atoms with Crippen LogP contribution in [-0.2, 0) is 6.54 Å². The van der Waals surface area contributed by atoms with Crippen LogP contribution in [0.5, 0.6) is 5.75 Å². The van der Waals surface area contributed by atoms with Gasteiger partial charge < -0.3 is 20.9 Å². The van der Waals surface area contributed by atoms with Crippen molar-refractivity contribution in [2.45, 2.75) is 26.5 Å². The number of benzene rings is 2. The van der Waals surface area contributed by atoms with E-state index in [-0.39, 0.29) is 35.0 Å². The largest absolute Gasteiger partial charge is 0.495 e. The van der Waals surface area contributed by atoms with E-state index in [0.29, 0.717) is 22.5 Å². The molecule has 4 rings (SSSR count). The highest BCUT2D eigenvalue weighted by atomic mass is 16.5. The van der Waals surface area contributed by atoms with Crippen LogP contribution in [0.1, 0.15) is 23.7 Å². The summed E-state index contributed by atoms with van der Waals surface area (Å²) in [7, 11) is 1.56. The first kappa shape index (κ1) is 24.4. The number of para-hydroxylation sites is 2. The molecule has 0 saturated carbocycles. The SMILES string of the molecule is COc1ccccc1-n1c(CNc2ncnc(N)c2C(=N)C#C[C@@H](C)O)cc2cccc(C)c2c1=O. The number of ether oxygens (including phenoxy) is 1. The van der Waals surface area contributed by atoms with Gasteiger partial charge in [0, 0.05) is 5.69 Å². The van der Waals surface area contributed by atoms with Crippen LogP contribution in [0.3, 0.4) is 0 Å². The number of nitrogens with two attached hydrogens (primary N) is 1. The number of fused-ring (bicyclic) bond motifs is 1. The summed E-state index contributed by atoms with van der Waals surface area (Å²) in [6.07, 6.45) is 0.386. The molecule has 2 aromatic carbocycles. The van der Waals surface area contributed by atoms with Crippen LogP contribution in [0.15, 0.2) is 59.7 Å². The molecule has 9 nitrogen and oxygen atoms in total. The molecule has 4 aromatic rings. The third-order valence-corrected chi connectivity index (χ3v) is 5.63. The molecule has 0 aliphatic heterocycles. The fraction of sp³-hybridized carbons (Fsp3) is 0.185. The van der Waals surface area contributed by atoms with Gasteiger partial charge in [0.15, 0.2) is 0 Å². The highest BCUT2D eigenvalue weighted by Crippen LogP contribution is 2.26. The zero-order chi connectivity index (χ0) is 25.8. The summed E-state index contributed by atoms with van der Waals surface area (Å²) in [5.74, 6) is 6.03. The second-order valence-corrected chi connectivity index (χ2v) is 8.14. The Morgan fingerprint density at radius 3 is 2.78 bits per heavy atom. The molecular weight excluding hydrogens is 456 g/mol. The van der Waals surface area contributed by atoms with Crippen molar-refractivity contribution in [1.82, 2.24) is 14.5 Å². The molecule has 0 saturated heterocycles. The summed E-state index contributed by atoms with van der Waals surface area (Å²) in [4.78, 5) is 22.0. The quantitative estimate of drug-likeness (QED) is 0.245. The zero-order valence-corrected chi connectivity index (χ0v) is 20.2. The highest BCUT2D eigenvalue weighted by molar-refractivity contribution is 6.16. The highest BCUT2D eigenvalue weighted by Gasteiger charge is 2.18. The molecule has 0 bridgehead atoms. The third-order valence-electron chi connectivity index (χ3n) is 5.63. The van der Waals surface area contributed by atoms with Crippen molar-refractivity contribution in [2.24, 2.45) is 0 Å². The Kier molecular flexibility index (Phi) is 6.99. The minimum atomic E-state index is -0.899. The van der Waals surface area contributed by atoms with Crippen LogP contribution < -0.4 is 21.3 Å². The molecule has 0 aliphatic rings. The van der Waals surface area contributed by atoms with E-state index in [4.69, 9.17) is 15.9 Å². The molecule has 0 fully saturated rings. The monoisotopic (exact) mass is 482 g/mol. The maximum absolute atomic E-state index is 13.8. The van der Waals surface area contributed by atoms with Crippen molar-refractivity contribution in [3.05, 3.63) is 82.0 Å². The minimum absolute atomic E-state index is 0.0775. The van der Waals surface area contributed by atoms with Gasteiger partial charge in [0.05, 0.1) is 30.3 Å². The molecular formula is C27H26N6O3. The van der Waals surface area contributed by atoms with Gasteiger partial charge in [-0.25, -0.2) is 9.97 Å². The van der Waals surface area contributed by atoms with E-state index in [2.05, 4.69) is 27.1 Å². The maximum atomic E-state index is 13.8. The number of hydrogen-bond donors (Lipinski definition) is 4. The molecule has 9 heteroatoms. The van der Waals surface area contributed by atoms with E-state index in [0.717, 1.165) is 10.9 Å². The number of rotatable bonds is 6. The molecule has 0 unspecified atom stereocenters. The van der Waals surface area contributed by atoms with E-state index >= 15 is 0 Å². The molecule has 1 atom stereocenters. The van der Waals surface area contributed by atoms with E-state index in [9.17, 15) is 9.90 Å². The number of aryl methyl sites for hydroxylation is 1. The van der Waals surface area contributed by atoms with E-state index < -0.39 is 6.10 Å². The summed E-state index contributed by atoms with van der Waals surface area (Å²) >= 11 is 0. The van der Waals surface area contributed by atoms with Gasteiger partial charge in [-0.05, 0) is 48.9 Å².